The van der Waals surface area contributed by atoms with Gasteiger partial charge in [-0.15, -0.1) is 0 Å². The molecule has 3 N–H and O–H groups in total. The molecule has 0 fully saturated rings. The second kappa shape index (κ2) is 6.01. The van der Waals surface area contributed by atoms with Gasteiger partial charge in [0.15, 0.2) is 0 Å². The quantitative estimate of drug-likeness (QED) is 0.743. The minimum Gasteiger partial charge on any atom is -0.272 e. The molecule has 130 valence electrons. The maximum atomic E-state index is 13.3. The molecule has 9 heteroatoms. The molecule has 0 bridgehead atoms. The van der Waals surface area contributed by atoms with Gasteiger partial charge in [0.05, 0.1) is 4.90 Å². The zero-order valence-corrected chi connectivity index (χ0v) is 13.4. The highest BCUT2D eigenvalue weighted by molar-refractivity contribution is 7.89. The van der Waals surface area contributed by atoms with E-state index in [-0.39, 0.29) is 16.2 Å². The second-order valence-corrected chi connectivity index (χ2v) is 6.82. The lowest BCUT2D eigenvalue weighted by Crippen LogP contribution is -2.11. The topological polar surface area (TPSA) is 88.8 Å². The Hall–Kier alpha value is -2.65. The van der Waals surface area contributed by atoms with Crippen LogP contribution in [-0.4, -0.2) is 18.6 Å². The van der Waals surface area contributed by atoms with E-state index in [4.69, 9.17) is 5.14 Å². The fraction of sp³-hybridized carbons (Fsp3) is 0.0625. The molecule has 3 aromatic rings. The molecule has 0 saturated heterocycles. The van der Waals surface area contributed by atoms with Crippen LogP contribution in [0.5, 0.6) is 0 Å². The van der Waals surface area contributed by atoms with Gasteiger partial charge in [-0.25, -0.2) is 13.6 Å². The van der Waals surface area contributed by atoms with Gasteiger partial charge in [0.1, 0.15) is 11.4 Å². The zero-order chi connectivity index (χ0) is 18.2. The van der Waals surface area contributed by atoms with E-state index < -0.39 is 21.9 Å². The van der Waals surface area contributed by atoms with Crippen molar-refractivity contribution in [2.75, 3.05) is 0 Å². The highest BCUT2D eigenvalue weighted by Gasteiger charge is 2.37. The third kappa shape index (κ3) is 3.42. The van der Waals surface area contributed by atoms with Crippen LogP contribution in [0.2, 0.25) is 0 Å². The number of aromatic nitrogens is 2. The summed E-state index contributed by atoms with van der Waals surface area (Å²) in [5.41, 5.74) is -0.327. The average Bonchev–Trinajstić information content (AvgIpc) is 3.00. The first-order valence-electron chi connectivity index (χ1n) is 7.02. The Morgan fingerprint density at radius 3 is 2.04 bits per heavy atom. The number of nitrogens with one attached hydrogen (secondary N) is 1. The van der Waals surface area contributed by atoms with E-state index in [0.29, 0.717) is 11.1 Å². The molecular weight excluding hydrogens is 355 g/mol. The number of primary sulfonamides is 1. The highest BCUT2D eigenvalue weighted by Crippen LogP contribution is 2.41. The largest absolute Gasteiger partial charge is 0.433 e. The lowest BCUT2D eigenvalue weighted by molar-refractivity contribution is -0.140. The van der Waals surface area contributed by atoms with Crippen molar-refractivity contribution in [1.82, 2.24) is 10.2 Å². The summed E-state index contributed by atoms with van der Waals surface area (Å²) < 4.78 is 62.6. The summed E-state index contributed by atoms with van der Waals surface area (Å²) in [6.07, 6.45) is -4.61. The van der Waals surface area contributed by atoms with Crippen molar-refractivity contribution in [3.8, 4) is 22.4 Å². The molecule has 0 aliphatic heterocycles. The summed E-state index contributed by atoms with van der Waals surface area (Å²) in [7, 11) is -3.89. The number of rotatable bonds is 3. The molecule has 0 aliphatic rings. The number of sulfonamides is 1. The fourth-order valence-electron chi connectivity index (χ4n) is 2.44. The number of H-pyrrole nitrogens is 1. The molecule has 1 heterocycles. The number of nitrogens with two attached hydrogens (primary N) is 1. The van der Waals surface area contributed by atoms with Gasteiger partial charge in [0.25, 0.3) is 0 Å². The van der Waals surface area contributed by atoms with E-state index in [9.17, 15) is 21.6 Å². The van der Waals surface area contributed by atoms with E-state index in [0.717, 1.165) is 0 Å². The Morgan fingerprint density at radius 1 is 0.920 bits per heavy atom. The summed E-state index contributed by atoms with van der Waals surface area (Å²) in [4.78, 5) is -0.135. The molecule has 0 aliphatic carbocycles. The van der Waals surface area contributed by atoms with Crippen LogP contribution in [0.25, 0.3) is 22.4 Å². The molecule has 0 radical (unpaired) electrons. The number of hydrogen-bond acceptors (Lipinski definition) is 3. The van der Waals surface area contributed by atoms with Crippen LogP contribution in [-0.2, 0) is 16.2 Å². The monoisotopic (exact) mass is 367 g/mol. The van der Waals surface area contributed by atoms with Crippen molar-refractivity contribution in [1.29, 1.82) is 0 Å². The fourth-order valence-corrected chi connectivity index (χ4v) is 2.96. The van der Waals surface area contributed by atoms with E-state index >= 15 is 0 Å². The number of benzene rings is 2. The van der Waals surface area contributed by atoms with Gasteiger partial charge in [-0.2, -0.15) is 18.3 Å². The van der Waals surface area contributed by atoms with Gasteiger partial charge >= 0.3 is 6.18 Å². The van der Waals surface area contributed by atoms with Crippen LogP contribution in [0.3, 0.4) is 0 Å². The Labute approximate surface area is 141 Å². The van der Waals surface area contributed by atoms with Crippen molar-refractivity contribution >= 4 is 10.0 Å². The molecule has 25 heavy (non-hydrogen) atoms. The second-order valence-electron chi connectivity index (χ2n) is 5.26. The van der Waals surface area contributed by atoms with Crippen molar-refractivity contribution < 1.29 is 21.6 Å². The summed E-state index contributed by atoms with van der Waals surface area (Å²) in [5, 5.41) is 10.9. The molecule has 0 saturated carbocycles. The first kappa shape index (κ1) is 17.2. The Morgan fingerprint density at radius 2 is 1.52 bits per heavy atom. The number of nitrogens with zero attached hydrogens (tertiary/aromatic N) is 1. The third-order valence-electron chi connectivity index (χ3n) is 3.57. The molecular formula is C16H12F3N3O2S. The standard InChI is InChI=1S/C16H12F3N3O2S/c17-16(18,19)15-13(10-4-2-1-3-5-10)14(21-22-15)11-6-8-12(9-7-11)25(20,23)24/h1-9H,(H,21,22)(H2,20,23,24). The molecule has 1 aromatic heterocycles. The van der Waals surface area contributed by atoms with Crippen molar-refractivity contribution in [3.05, 3.63) is 60.3 Å². The summed E-state index contributed by atoms with van der Waals surface area (Å²) in [6, 6.07) is 13.2. The van der Waals surface area contributed by atoms with Crippen LogP contribution in [0.15, 0.2) is 59.5 Å². The van der Waals surface area contributed by atoms with Crippen LogP contribution >= 0.6 is 0 Å². The normalized spacial score (nSPS) is 12.3. The Balaban J connectivity index is 2.19. The molecule has 0 spiro atoms. The lowest BCUT2D eigenvalue weighted by Gasteiger charge is -2.09. The molecule has 2 aromatic carbocycles. The summed E-state index contributed by atoms with van der Waals surface area (Å²) in [5.74, 6) is 0. The third-order valence-corrected chi connectivity index (χ3v) is 4.50. The average molecular weight is 367 g/mol. The van der Waals surface area contributed by atoms with Gasteiger partial charge in [0.2, 0.25) is 10.0 Å². The predicted octanol–water partition coefficient (Wildman–Crippen LogP) is 3.41. The molecule has 0 atom stereocenters. The van der Waals surface area contributed by atoms with Crippen LogP contribution < -0.4 is 5.14 Å². The molecule has 0 unspecified atom stereocenters. The Kier molecular flexibility index (Phi) is 4.13. The van der Waals surface area contributed by atoms with Gasteiger partial charge in [-0.1, -0.05) is 42.5 Å². The first-order valence-corrected chi connectivity index (χ1v) is 8.57. The number of hydrogen-bond donors (Lipinski definition) is 2. The highest BCUT2D eigenvalue weighted by atomic mass is 32.2. The number of alkyl halides is 3. The van der Waals surface area contributed by atoms with Crippen LogP contribution in [0.1, 0.15) is 5.69 Å². The van der Waals surface area contributed by atoms with E-state index in [1.54, 1.807) is 30.3 Å². The SMILES string of the molecule is NS(=O)(=O)c1ccc(-c2n[nH]c(C(F)(F)F)c2-c2ccccc2)cc1. The molecule has 0 amide bonds. The molecule has 3 rings (SSSR count). The van der Waals surface area contributed by atoms with E-state index in [2.05, 4.69) is 5.10 Å². The van der Waals surface area contributed by atoms with Gasteiger partial charge in [-0.05, 0) is 17.7 Å². The molecule has 5 nitrogen and oxygen atoms in total. The van der Waals surface area contributed by atoms with Crippen LogP contribution in [0, 0.1) is 0 Å². The smallest absolute Gasteiger partial charge is 0.272 e. The van der Waals surface area contributed by atoms with Crippen molar-refractivity contribution in [3.63, 3.8) is 0 Å². The van der Waals surface area contributed by atoms with Gasteiger partial charge in [-0.3, -0.25) is 5.10 Å². The lowest BCUT2D eigenvalue weighted by atomic mass is 9.99. The minimum atomic E-state index is -4.61. The van der Waals surface area contributed by atoms with Gasteiger partial charge < -0.3 is 0 Å². The zero-order valence-electron chi connectivity index (χ0n) is 12.6. The first-order chi connectivity index (χ1) is 11.7. The predicted molar refractivity (Wildman–Crippen MR) is 85.8 cm³/mol. The number of aromatic amines is 1. The van der Waals surface area contributed by atoms with Gasteiger partial charge in [0, 0.05) is 11.1 Å². The van der Waals surface area contributed by atoms with Crippen LogP contribution in [0.4, 0.5) is 13.2 Å². The van der Waals surface area contributed by atoms with E-state index in [1.165, 1.54) is 24.3 Å². The summed E-state index contributed by atoms with van der Waals surface area (Å²) >= 11 is 0. The summed E-state index contributed by atoms with van der Waals surface area (Å²) in [6.45, 7) is 0. The minimum absolute atomic E-state index is 0.0690. The Bertz CT molecular complexity index is 995. The van der Waals surface area contributed by atoms with Crippen molar-refractivity contribution in [2.24, 2.45) is 5.14 Å². The maximum absolute atomic E-state index is 13.3. The maximum Gasteiger partial charge on any atom is 0.433 e. The number of halogens is 3. The van der Waals surface area contributed by atoms with E-state index in [1.807, 2.05) is 5.10 Å². The van der Waals surface area contributed by atoms with Crippen molar-refractivity contribution in [2.45, 2.75) is 11.1 Å².